The second-order valence-electron chi connectivity index (χ2n) is 2.20. The first kappa shape index (κ1) is 9.79. The number of hydrogen-bond donors (Lipinski definition) is 2. The van der Waals surface area contributed by atoms with Gasteiger partial charge in [0.1, 0.15) is 11.4 Å². The lowest BCUT2D eigenvalue weighted by atomic mass is 10.2. The van der Waals surface area contributed by atoms with Crippen LogP contribution in [0.15, 0.2) is 10.7 Å². The van der Waals surface area contributed by atoms with Crippen LogP contribution in [0.4, 0.5) is 5.82 Å². The SMILES string of the molecule is COc1c(Br)cnc(N)c1C(=O)O. The fourth-order valence-electron chi connectivity index (χ4n) is 0.891. The Morgan fingerprint density at radius 3 is 2.77 bits per heavy atom. The number of rotatable bonds is 2. The van der Waals surface area contributed by atoms with E-state index in [9.17, 15) is 4.79 Å². The number of pyridine rings is 1. The van der Waals surface area contributed by atoms with E-state index in [1.54, 1.807) is 0 Å². The van der Waals surface area contributed by atoms with Crippen LogP contribution in [0.5, 0.6) is 5.75 Å². The number of hydrogen-bond acceptors (Lipinski definition) is 4. The van der Waals surface area contributed by atoms with Crippen molar-refractivity contribution in [3.8, 4) is 5.75 Å². The summed E-state index contributed by atoms with van der Waals surface area (Å²) in [6.07, 6.45) is 1.39. The number of halogens is 1. The molecule has 0 aromatic carbocycles. The molecule has 3 N–H and O–H groups in total. The molecule has 0 aliphatic heterocycles. The summed E-state index contributed by atoms with van der Waals surface area (Å²) in [6, 6.07) is 0. The molecule has 1 heterocycles. The zero-order chi connectivity index (χ0) is 10.0. The van der Waals surface area contributed by atoms with Crippen molar-refractivity contribution in [3.05, 3.63) is 16.2 Å². The minimum Gasteiger partial charge on any atom is -0.494 e. The summed E-state index contributed by atoms with van der Waals surface area (Å²) < 4.78 is 5.33. The lowest BCUT2D eigenvalue weighted by molar-refractivity contribution is 0.0694. The molecule has 70 valence electrons. The van der Waals surface area contributed by atoms with Crippen LogP contribution in [-0.4, -0.2) is 23.2 Å². The Labute approximate surface area is 82.7 Å². The number of nitrogens with zero attached hydrogens (tertiary/aromatic N) is 1. The first-order valence-electron chi connectivity index (χ1n) is 3.29. The number of carbonyl (C=O) groups is 1. The average molecular weight is 247 g/mol. The fourth-order valence-corrected chi connectivity index (χ4v) is 1.35. The Balaban J connectivity index is 3.43. The number of nitrogens with two attached hydrogens (primary N) is 1. The highest BCUT2D eigenvalue weighted by Crippen LogP contribution is 2.30. The summed E-state index contributed by atoms with van der Waals surface area (Å²) in [4.78, 5) is 14.4. The van der Waals surface area contributed by atoms with Crippen LogP contribution >= 0.6 is 15.9 Å². The molecule has 13 heavy (non-hydrogen) atoms. The molecule has 0 saturated heterocycles. The number of aromatic nitrogens is 1. The highest BCUT2D eigenvalue weighted by atomic mass is 79.9. The molecule has 0 unspecified atom stereocenters. The number of anilines is 1. The summed E-state index contributed by atoms with van der Waals surface area (Å²) in [5, 5.41) is 8.78. The molecule has 0 bridgehead atoms. The normalized spacial score (nSPS) is 9.69. The van der Waals surface area contributed by atoms with E-state index in [1.807, 2.05) is 0 Å². The number of aromatic carboxylic acids is 1. The number of nitrogen functional groups attached to an aromatic ring is 1. The van der Waals surface area contributed by atoms with Crippen molar-refractivity contribution in [1.29, 1.82) is 0 Å². The summed E-state index contributed by atoms with van der Waals surface area (Å²) in [5.41, 5.74) is 5.25. The Morgan fingerprint density at radius 2 is 2.38 bits per heavy atom. The highest BCUT2D eigenvalue weighted by Gasteiger charge is 2.18. The number of ether oxygens (including phenoxy) is 1. The van der Waals surface area contributed by atoms with Crippen molar-refractivity contribution in [2.45, 2.75) is 0 Å². The zero-order valence-corrected chi connectivity index (χ0v) is 8.33. The van der Waals surface area contributed by atoms with Gasteiger partial charge in [-0.05, 0) is 15.9 Å². The van der Waals surface area contributed by atoms with E-state index in [4.69, 9.17) is 15.6 Å². The van der Waals surface area contributed by atoms with Gasteiger partial charge in [-0.15, -0.1) is 0 Å². The standard InChI is InChI=1S/C7H7BrN2O3/c1-13-5-3(8)2-10-6(9)4(5)7(11)12/h2H,1H3,(H2,9,10)(H,11,12). The molecule has 0 fully saturated rings. The summed E-state index contributed by atoms with van der Waals surface area (Å²) in [6.45, 7) is 0. The van der Waals surface area contributed by atoms with E-state index in [-0.39, 0.29) is 17.1 Å². The molecule has 0 aliphatic carbocycles. The Bertz CT molecular complexity index is 354. The maximum atomic E-state index is 10.7. The van der Waals surface area contributed by atoms with Crippen LogP contribution in [0, 0.1) is 0 Å². The highest BCUT2D eigenvalue weighted by molar-refractivity contribution is 9.10. The topological polar surface area (TPSA) is 85.4 Å². The van der Waals surface area contributed by atoms with Crippen LogP contribution < -0.4 is 10.5 Å². The van der Waals surface area contributed by atoms with Crippen LogP contribution in [0.2, 0.25) is 0 Å². The van der Waals surface area contributed by atoms with Crippen LogP contribution in [0.1, 0.15) is 10.4 Å². The zero-order valence-electron chi connectivity index (χ0n) is 6.74. The van der Waals surface area contributed by atoms with Crippen molar-refractivity contribution in [2.75, 3.05) is 12.8 Å². The van der Waals surface area contributed by atoms with Crippen molar-refractivity contribution in [3.63, 3.8) is 0 Å². The molecule has 0 amide bonds. The Hall–Kier alpha value is -1.30. The third-order valence-electron chi connectivity index (χ3n) is 1.44. The van der Waals surface area contributed by atoms with Gasteiger partial charge < -0.3 is 15.6 Å². The largest absolute Gasteiger partial charge is 0.494 e. The van der Waals surface area contributed by atoms with Crippen molar-refractivity contribution in [2.24, 2.45) is 0 Å². The van der Waals surface area contributed by atoms with Gasteiger partial charge in [-0.1, -0.05) is 0 Å². The first-order valence-corrected chi connectivity index (χ1v) is 4.08. The van der Waals surface area contributed by atoms with Gasteiger partial charge >= 0.3 is 5.97 Å². The molecule has 1 aromatic heterocycles. The monoisotopic (exact) mass is 246 g/mol. The summed E-state index contributed by atoms with van der Waals surface area (Å²) in [7, 11) is 1.37. The minimum atomic E-state index is -1.16. The van der Waals surface area contributed by atoms with Crippen LogP contribution in [-0.2, 0) is 0 Å². The van der Waals surface area contributed by atoms with Gasteiger partial charge in [0.25, 0.3) is 0 Å². The Kier molecular flexibility index (Phi) is 2.72. The molecule has 0 saturated carbocycles. The second-order valence-corrected chi connectivity index (χ2v) is 3.06. The maximum absolute atomic E-state index is 10.7. The second kappa shape index (κ2) is 3.61. The van der Waals surface area contributed by atoms with Gasteiger partial charge in [-0.25, -0.2) is 9.78 Å². The van der Waals surface area contributed by atoms with Crippen LogP contribution in [0.25, 0.3) is 0 Å². The van der Waals surface area contributed by atoms with Gasteiger partial charge in [-0.3, -0.25) is 0 Å². The molecule has 5 nitrogen and oxygen atoms in total. The molecular formula is C7H7BrN2O3. The summed E-state index contributed by atoms with van der Waals surface area (Å²) in [5.74, 6) is -1.05. The van der Waals surface area contributed by atoms with Gasteiger partial charge in [-0.2, -0.15) is 0 Å². The van der Waals surface area contributed by atoms with Crippen molar-refractivity contribution < 1.29 is 14.6 Å². The van der Waals surface area contributed by atoms with Gasteiger partial charge in [0.15, 0.2) is 5.75 Å². The molecule has 0 radical (unpaired) electrons. The molecule has 1 aromatic rings. The predicted molar refractivity (Wildman–Crippen MR) is 49.9 cm³/mol. The summed E-state index contributed by atoms with van der Waals surface area (Å²) >= 11 is 3.10. The third-order valence-corrected chi connectivity index (χ3v) is 2.00. The van der Waals surface area contributed by atoms with E-state index in [0.29, 0.717) is 4.47 Å². The van der Waals surface area contributed by atoms with E-state index in [2.05, 4.69) is 20.9 Å². The fraction of sp³-hybridized carbons (Fsp3) is 0.143. The minimum absolute atomic E-state index is 0.0625. The lowest BCUT2D eigenvalue weighted by Gasteiger charge is -2.07. The quantitative estimate of drug-likeness (QED) is 0.818. The molecular weight excluding hydrogens is 240 g/mol. The lowest BCUT2D eigenvalue weighted by Crippen LogP contribution is -2.07. The molecule has 6 heteroatoms. The Morgan fingerprint density at radius 1 is 1.77 bits per heavy atom. The van der Waals surface area contributed by atoms with Crippen molar-refractivity contribution >= 4 is 27.7 Å². The molecule has 0 spiro atoms. The van der Waals surface area contributed by atoms with Gasteiger partial charge in [0, 0.05) is 6.20 Å². The van der Waals surface area contributed by atoms with Crippen LogP contribution in [0.3, 0.4) is 0 Å². The van der Waals surface area contributed by atoms with Gasteiger partial charge in [0.05, 0.1) is 11.6 Å². The van der Waals surface area contributed by atoms with Gasteiger partial charge in [0.2, 0.25) is 0 Å². The molecule has 0 aliphatic rings. The number of methoxy groups -OCH3 is 1. The molecule has 0 atom stereocenters. The maximum Gasteiger partial charge on any atom is 0.343 e. The van der Waals surface area contributed by atoms with E-state index < -0.39 is 5.97 Å². The number of carboxylic acids is 1. The first-order chi connectivity index (χ1) is 6.07. The van der Waals surface area contributed by atoms with Crippen molar-refractivity contribution in [1.82, 2.24) is 4.98 Å². The van der Waals surface area contributed by atoms with E-state index in [0.717, 1.165) is 0 Å². The van der Waals surface area contributed by atoms with E-state index in [1.165, 1.54) is 13.3 Å². The van der Waals surface area contributed by atoms with E-state index >= 15 is 0 Å². The average Bonchev–Trinajstić information content (AvgIpc) is 2.07. The number of carboxylic acid groups (broad SMARTS) is 1. The predicted octanol–water partition coefficient (Wildman–Crippen LogP) is 1.13. The third kappa shape index (κ3) is 1.72. The molecule has 1 rings (SSSR count). The smallest absolute Gasteiger partial charge is 0.343 e.